The molecule has 1 aliphatic heterocycles. The highest BCUT2D eigenvalue weighted by Gasteiger charge is 2.57. The van der Waals surface area contributed by atoms with Gasteiger partial charge in [-0.2, -0.15) is 0 Å². The standard InChI is InChI=1S/C22H25N5O.2ClH/c28-20(17-15-22(17)9-12-23-13-10-22)26-21-25-18-6-1-2-7-19(18)27(21)14-8-16-5-3-4-11-24-16;;/h1-7,11,17,23H,8-10,12-15H2,(H,25,26,28);2*1H. The highest BCUT2D eigenvalue weighted by molar-refractivity contribution is 5.95. The van der Waals surface area contributed by atoms with Crippen LogP contribution in [0.1, 0.15) is 25.0 Å². The molecule has 1 aliphatic carbocycles. The number of amides is 1. The Kier molecular flexibility index (Phi) is 7.01. The number of para-hydroxylation sites is 2. The zero-order valence-electron chi connectivity index (χ0n) is 16.7. The molecule has 6 nitrogen and oxygen atoms in total. The van der Waals surface area contributed by atoms with E-state index in [2.05, 4.69) is 26.3 Å². The highest BCUT2D eigenvalue weighted by atomic mass is 35.5. The fraction of sp³-hybridized carbons (Fsp3) is 0.409. The van der Waals surface area contributed by atoms with E-state index in [0.29, 0.717) is 5.95 Å². The SMILES string of the molecule is Cl.Cl.O=C(Nc1nc2ccccc2n1CCc1ccccn1)C1CC12CCNCC2. The van der Waals surface area contributed by atoms with E-state index in [9.17, 15) is 4.79 Å². The number of benzene rings is 1. The molecule has 1 amide bonds. The van der Waals surface area contributed by atoms with Crippen molar-refractivity contribution in [1.29, 1.82) is 0 Å². The zero-order valence-corrected chi connectivity index (χ0v) is 18.3. The van der Waals surface area contributed by atoms with Gasteiger partial charge in [-0.25, -0.2) is 4.98 Å². The number of piperidine rings is 1. The minimum atomic E-state index is 0. The lowest BCUT2D eigenvalue weighted by molar-refractivity contribution is -0.118. The van der Waals surface area contributed by atoms with Gasteiger partial charge in [-0.05, 0) is 62.0 Å². The second-order valence-corrected chi connectivity index (χ2v) is 8.01. The Morgan fingerprint density at radius 2 is 1.90 bits per heavy atom. The summed E-state index contributed by atoms with van der Waals surface area (Å²) in [5.41, 5.74) is 3.21. The van der Waals surface area contributed by atoms with E-state index in [-0.39, 0.29) is 42.1 Å². The van der Waals surface area contributed by atoms with E-state index in [4.69, 9.17) is 4.98 Å². The molecule has 2 N–H and O–H groups in total. The molecule has 1 saturated carbocycles. The van der Waals surface area contributed by atoms with Crippen molar-refractivity contribution in [1.82, 2.24) is 19.9 Å². The molecule has 8 heteroatoms. The van der Waals surface area contributed by atoms with E-state index >= 15 is 0 Å². The molecule has 2 fully saturated rings. The van der Waals surface area contributed by atoms with Gasteiger partial charge in [0.2, 0.25) is 11.9 Å². The van der Waals surface area contributed by atoms with Crippen LogP contribution in [0.5, 0.6) is 0 Å². The van der Waals surface area contributed by atoms with Gasteiger partial charge in [-0.15, -0.1) is 24.8 Å². The molecule has 0 radical (unpaired) electrons. The quantitative estimate of drug-likeness (QED) is 0.622. The number of pyridine rings is 1. The number of aryl methyl sites for hydroxylation is 2. The Labute approximate surface area is 188 Å². The Morgan fingerprint density at radius 3 is 2.67 bits per heavy atom. The number of fused-ring (bicyclic) bond motifs is 1. The summed E-state index contributed by atoms with van der Waals surface area (Å²) in [6, 6.07) is 14.0. The number of nitrogens with zero attached hydrogens (tertiary/aromatic N) is 3. The average molecular weight is 448 g/mol. The summed E-state index contributed by atoms with van der Waals surface area (Å²) in [5.74, 6) is 0.896. The first-order valence-corrected chi connectivity index (χ1v) is 10.1. The lowest BCUT2D eigenvalue weighted by Crippen LogP contribution is -2.32. The molecule has 2 aromatic heterocycles. The van der Waals surface area contributed by atoms with Crippen LogP contribution >= 0.6 is 24.8 Å². The number of hydrogen-bond acceptors (Lipinski definition) is 4. The number of carbonyl (C=O) groups is 1. The van der Waals surface area contributed by atoms with Gasteiger partial charge in [0.15, 0.2) is 0 Å². The number of rotatable bonds is 5. The first kappa shape index (κ1) is 22.5. The van der Waals surface area contributed by atoms with E-state index < -0.39 is 0 Å². The topological polar surface area (TPSA) is 71.8 Å². The molecule has 1 atom stereocenters. The Bertz CT molecular complexity index is 1000. The summed E-state index contributed by atoms with van der Waals surface area (Å²) in [4.78, 5) is 22.1. The van der Waals surface area contributed by atoms with Crippen molar-refractivity contribution in [2.45, 2.75) is 32.2 Å². The van der Waals surface area contributed by atoms with Gasteiger partial charge in [0.05, 0.1) is 11.0 Å². The summed E-state index contributed by atoms with van der Waals surface area (Å²) in [6.07, 6.45) is 5.82. The molecular weight excluding hydrogens is 421 g/mol. The smallest absolute Gasteiger partial charge is 0.230 e. The predicted octanol–water partition coefficient (Wildman–Crippen LogP) is 3.85. The van der Waals surface area contributed by atoms with Crippen molar-refractivity contribution in [2.24, 2.45) is 11.3 Å². The maximum atomic E-state index is 13.0. The van der Waals surface area contributed by atoms with Crippen LogP contribution in [-0.2, 0) is 17.8 Å². The van der Waals surface area contributed by atoms with Crippen LogP contribution in [0.15, 0.2) is 48.7 Å². The molecule has 0 bridgehead atoms. The average Bonchev–Trinajstić information content (AvgIpc) is 3.31. The summed E-state index contributed by atoms with van der Waals surface area (Å²) < 4.78 is 2.11. The molecule has 3 heterocycles. The first-order chi connectivity index (χ1) is 13.8. The third-order valence-corrected chi connectivity index (χ3v) is 6.31. The van der Waals surface area contributed by atoms with E-state index in [1.54, 1.807) is 0 Å². The number of hydrogen-bond donors (Lipinski definition) is 2. The van der Waals surface area contributed by atoms with Crippen LogP contribution in [-0.4, -0.2) is 33.5 Å². The van der Waals surface area contributed by atoms with Gasteiger partial charge in [0.1, 0.15) is 0 Å². The maximum Gasteiger partial charge on any atom is 0.230 e. The third-order valence-electron chi connectivity index (χ3n) is 6.31. The van der Waals surface area contributed by atoms with E-state index in [1.165, 1.54) is 0 Å². The number of aromatic nitrogens is 3. The van der Waals surface area contributed by atoms with Crippen LogP contribution in [0.25, 0.3) is 11.0 Å². The van der Waals surface area contributed by atoms with Crippen LogP contribution in [0, 0.1) is 11.3 Å². The maximum absolute atomic E-state index is 13.0. The summed E-state index contributed by atoms with van der Waals surface area (Å²) in [6.45, 7) is 2.77. The lowest BCUT2D eigenvalue weighted by atomic mass is 9.92. The Morgan fingerprint density at radius 1 is 1.13 bits per heavy atom. The van der Waals surface area contributed by atoms with Crippen molar-refractivity contribution in [3.05, 3.63) is 54.4 Å². The summed E-state index contributed by atoms with van der Waals surface area (Å²) in [5, 5.41) is 6.54. The lowest BCUT2D eigenvalue weighted by Gasteiger charge is -2.23. The van der Waals surface area contributed by atoms with Crippen LogP contribution in [0.2, 0.25) is 0 Å². The molecule has 2 aliphatic rings. The zero-order chi connectivity index (χ0) is 19.0. The number of imidazole rings is 1. The monoisotopic (exact) mass is 447 g/mol. The largest absolute Gasteiger partial charge is 0.317 e. The van der Waals surface area contributed by atoms with Gasteiger partial charge in [0, 0.05) is 30.8 Å². The molecule has 1 unspecified atom stereocenters. The fourth-order valence-electron chi connectivity index (χ4n) is 4.56. The van der Waals surface area contributed by atoms with Crippen molar-refractivity contribution in [3.8, 4) is 0 Å². The molecule has 1 aromatic carbocycles. The van der Waals surface area contributed by atoms with Crippen LogP contribution in [0.3, 0.4) is 0 Å². The minimum absolute atomic E-state index is 0. The van der Waals surface area contributed by atoms with E-state index in [1.807, 2.05) is 42.6 Å². The first-order valence-electron chi connectivity index (χ1n) is 10.1. The Hall–Kier alpha value is -2.15. The normalized spacial score (nSPS) is 19.0. The van der Waals surface area contributed by atoms with Crippen molar-refractivity contribution >= 4 is 47.7 Å². The van der Waals surface area contributed by atoms with Crippen molar-refractivity contribution < 1.29 is 4.79 Å². The number of nitrogens with one attached hydrogen (secondary N) is 2. The van der Waals surface area contributed by atoms with Gasteiger partial charge >= 0.3 is 0 Å². The predicted molar refractivity (Wildman–Crippen MR) is 123 cm³/mol. The summed E-state index contributed by atoms with van der Waals surface area (Å²) >= 11 is 0. The second-order valence-electron chi connectivity index (χ2n) is 8.01. The molecular formula is C22H27Cl2N5O. The number of carbonyl (C=O) groups excluding carboxylic acids is 1. The van der Waals surface area contributed by atoms with Crippen molar-refractivity contribution in [3.63, 3.8) is 0 Å². The molecule has 30 heavy (non-hydrogen) atoms. The molecule has 1 spiro atoms. The molecule has 3 aromatic rings. The third kappa shape index (κ3) is 4.31. The van der Waals surface area contributed by atoms with Gasteiger partial charge in [-0.3, -0.25) is 15.1 Å². The van der Waals surface area contributed by atoms with Crippen molar-refractivity contribution in [2.75, 3.05) is 18.4 Å². The Balaban J connectivity index is 0.00000128. The fourth-order valence-corrected chi connectivity index (χ4v) is 4.56. The number of halogens is 2. The summed E-state index contributed by atoms with van der Waals surface area (Å²) in [7, 11) is 0. The highest BCUT2D eigenvalue weighted by Crippen LogP contribution is 2.58. The molecule has 5 rings (SSSR count). The van der Waals surface area contributed by atoms with Crippen LogP contribution < -0.4 is 10.6 Å². The molecule has 1 saturated heterocycles. The van der Waals surface area contributed by atoms with Gasteiger partial charge in [-0.1, -0.05) is 18.2 Å². The number of anilines is 1. The van der Waals surface area contributed by atoms with Gasteiger partial charge in [0.25, 0.3) is 0 Å². The second kappa shape index (κ2) is 9.33. The van der Waals surface area contributed by atoms with Crippen LogP contribution in [0.4, 0.5) is 5.95 Å². The molecule has 160 valence electrons. The van der Waals surface area contributed by atoms with E-state index in [0.717, 1.165) is 62.0 Å². The minimum Gasteiger partial charge on any atom is -0.317 e. The van der Waals surface area contributed by atoms with Gasteiger partial charge < -0.3 is 9.88 Å².